The van der Waals surface area contributed by atoms with Crippen LogP contribution >= 0.6 is 15.9 Å². The normalized spacial score (nSPS) is 17.2. The zero-order valence-electron chi connectivity index (χ0n) is 10.4. The lowest BCUT2D eigenvalue weighted by Gasteiger charge is -2.38. The van der Waals surface area contributed by atoms with Gasteiger partial charge in [0.05, 0.1) is 9.40 Å². The minimum atomic E-state index is -0.360. The third-order valence-corrected chi connectivity index (χ3v) is 4.60. The van der Waals surface area contributed by atoms with Crippen LogP contribution in [0.15, 0.2) is 22.7 Å². The smallest absolute Gasteiger partial charge is 0.283 e. The number of halogens is 1. The molecular weight excluding hydrogens is 296 g/mol. The molecule has 1 fully saturated rings. The fraction of sp³-hybridized carbons (Fsp3) is 0.538. The summed E-state index contributed by atoms with van der Waals surface area (Å²) in [5, 5.41) is 14.2. The van der Waals surface area contributed by atoms with Crippen molar-refractivity contribution in [2.45, 2.75) is 32.7 Å². The zero-order valence-corrected chi connectivity index (χ0v) is 12.0. The molecule has 1 aromatic carbocycles. The Morgan fingerprint density at radius 3 is 2.78 bits per heavy atom. The molecule has 0 radical (unpaired) electrons. The van der Waals surface area contributed by atoms with Crippen molar-refractivity contribution >= 4 is 21.6 Å². The Hall–Kier alpha value is -0.940. The highest BCUT2D eigenvalue weighted by atomic mass is 79.9. The Balaban J connectivity index is 1.97. The maximum atomic E-state index is 10.8. The molecular formula is C13H17BrN2O2. The Bertz CT molecular complexity index is 458. The van der Waals surface area contributed by atoms with E-state index >= 15 is 0 Å². The van der Waals surface area contributed by atoms with E-state index < -0.39 is 0 Å². The number of nitro groups is 1. The largest absolute Gasteiger partial charge is 0.312 e. The van der Waals surface area contributed by atoms with Crippen LogP contribution in [0.1, 0.15) is 31.7 Å². The van der Waals surface area contributed by atoms with E-state index in [-0.39, 0.29) is 10.6 Å². The molecule has 5 heteroatoms. The van der Waals surface area contributed by atoms with Gasteiger partial charge in [-0.05, 0) is 39.8 Å². The molecule has 1 aliphatic rings. The molecule has 4 nitrogen and oxygen atoms in total. The second-order valence-corrected chi connectivity index (χ2v) is 6.07. The van der Waals surface area contributed by atoms with Crippen LogP contribution in [0.25, 0.3) is 0 Å². The van der Waals surface area contributed by atoms with Gasteiger partial charge in [0.25, 0.3) is 5.69 Å². The average molecular weight is 313 g/mol. The van der Waals surface area contributed by atoms with Crippen LogP contribution in [-0.4, -0.2) is 11.5 Å². The molecule has 0 aromatic heterocycles. The molecule has 1 N–H and O–H groups in total. The van der Waals surface area contributed by atoms with E-state index in [1.807, 2.05) is 6.07 Å². The quantitative estimate of drug-likeness (QED) is 0.667. The summed E-state index contributed by atoms with van der Waals surface area (Å²) in [6.45, 7) is 3.92. The maximum Gasteiger partial charge on any atom is 0.283 e. The van der Waals surface area contributed by atoms with Crippen LogP contribution < -0.4 is 5.32 Å². The van der Waals surface area contributed by atoms with E-state index in [1.54, 1.807) is 6.07 Å². The van der Waals surface area contributed by atoms with Crippen molar-refractivity contribution < 1.29 is 4.92 Å². The number of nitrogens with one attached hydrogen (secondary N) is 1. The summed E-state index contributed by atoms with van der Waals surface area (Å²) in [7, 11) is 0. The summed E-state index contributed by atoms with van der Waals surface area (Å²) >= 11 is 3.31. The van der Waals surface area contributed by atoms with Gasteiger partial charge in [-0.15, -0.1) is 0 Å². The summed E-state index contributed by atoms with van der Waals surface area (Å²) in [4.78, 5) is 10.5. The van der Waals surface area contributed by atoms with E-state index in [0.29, 0.717) is 16.4 Å². The molecule has 0 spiro atoms. The minimum Gasteiger partial charge on any atom is -0.312 e. The van der Waals surface area contributed by atoms with Crippen molar-refractivity contribution in [3.8, 4) is 0 Å². The lowest BCUT2D eigenvalue weighted by atomic mass is 9.70. The molecule has 98 valence electrons. The SMILES string of the molecule is CC1(CNCc2cccc([N+](=O)[O-])c2Br)CCC1. The average Bonchev–Trinajstić information content (AvgIpc) is 2.28. The number of nitrogens with zero attached hydrogens (tertiary/aromatic N) is 1. The highest BCUT2D eigenvalue weighted by molar-refractivity contribution is 9.10. The van der Waals surface area contributed by atoms with Gasteiger partial charge in [-0.25, -0.2) is 0 Å². The van der Waals surface area contributed by atoms with Crippen molar-refractivity contribution in [2.75, 3.05) is 6.54 Å². The molecule has 0 aliphatic heterocycles. The van der Waals surface area contributed by atoms with Crippen LogP contribution in [-0.2, 0) is 6.54 Å². The molecule has 0 heterocycles. The first-order valence-corrected chi connectivity index (χ1v) is 6.94. The van der Waals surface area contributed by atoms with E-state index in [1.165, 1.54) is 25.3 Å². The number of nitro benzene ring substituents is 1. The molecule has 1 aliphatic carbocycles. The van der Waals surface area contributed by atoms with Crippen molar-refractivity contribution in [1.82, 2.24) is 5.32 Å². The van der Waals surface area contributed by atoms with Crippen LogP contribution in [0.4, 0.5) is 5.69 Å². The molecule has 0 amide bonds. The van der Waals surface area contributed by atoms with Crippen molar-refractivity contribution in [2.24, 2.45) is 5.41 Å². The standard InChI is InChI=1S/C13H17BrN2O2/c1-13(6-3-7-13)9-15-8-10-4-2-5-11(12(10)14)16(17)18/h2,4-5,15H,3,6-9H2,1H3. The Morgan fingerprint density at radius 2 is 2.22 bits per heavy atom. The number of rotatable bonds is 5. The topological polar surface area (TPSA) is 55.2 Å². The fourth-order valence-corrected chi connectivity index (χ4v) is 2.85. The highest BCUT2D eigenvalue weighted by Gasteiger charge is 2.31. The summed E-state index contributed by atoms with van der Waals surface area (Å²) < 4.78 is 0.585. The van der Waals surface area contributed by atoms with Gasteiger partial charge in [-0.1, -0.05) is 25.5 Å². The monoisotopic (exact) mass is 312 g/mol. The molecule has 0 atom stereocenters. The molecule has 1 saturated carbocycles. The van der Waals surface area contributed by atoms with E-state index in [4.69, 9.17) is 0 Å². The molecule has 0 bridgehead atoms. The van der Waals surface area contributed by atoms with Crippen LogP contribution in [0, 0.1) is 15.5 Å². The second-order valence-electron chi connectivity index (χ2n) is 5.28. The Labute approximate surface area is 115 Å². The third kappa shape index (κ3) is 2.90. The van der Waals surface area contributed by atoms with E-state index in [0.717, 1.165) is 12.1 Å². The predicted octanol–water partition coefficient (Wildman–Crippen LogP) is 3.64. The summed E-state index contributed by atoms with van der Waals surface area (Å²) in [6.07, 6.45) is 3.87. The predicted molar refractivity (Wildman–Crippen MR) is 74.5 cm³/mol. The Kier molecular flexibility index (Phi) is 4.02. The molecule has 18 heavy (non-hydrogen) atoms. The zero-order chi connectivity index (χ0) is 13.2. The lowest BCUT2D eigenvalue weighted by Crippen LogP contribution is -2.37. The molecule has 1 aromatic rings. The van der Waals surface area contributed by atoms with E-state index in [9.17, 15) is 10.1 Å². The number of benzene rings is 1. The first-order chi connectivity index (χ1) is 8.52. The summed E-state index contributed by atoms with van der Waals surface area (Å²) in [5.41, 5.74) is 1.49. The lowest BCUT2D eigenvalue weighted by molar-refractivity contribution is -0.385. The molecule has 0 unspecified atom stereocenters. The minimum absolute atomic E-state index is 0.129. The maximum absolute atomic E-state index is 10.8. The van der Waals surface area contributed by atoms with Gasteiger partial charge in [0.2, 0.25) is 0 Å². The van der Waals surface area contributed by atoms with Crippen molar-refractivity contribution in [3.05, 3.63) is 38.3 Å². The first kappa shape index (κ1) is 13.5. The van der Waals surface area contributed by atoms with Gasteiger partial charge in [0, 0.05) is 19.2 Å². The fourth-order valence-electron chi connectivity index (χ4n) is 2.30. The second kappa shape index (κ2) is 5.36. The van der Waals surface area contributed by atoms with Crippen LogP contribution in [0.2, 0.25) is 0 Å². The van der Waals surface area contributed by atoms with E-state index in [2.05, 4.69) is 28.2 Å². The molecule has 0 saturated heterocycles. The molecule has 2 rings (SSSR count). The summed E-state index contributed by atoms with van der Waals surface area (Å²) in [6, 6.07) is 5.15. The van der Waals surface area contributed by atoms with Crippen molar-refractivity contribution in [3.63, 3.8) is 0 Å². The van der Waals surface area contributed by atoms with Gasteiger partial charge < -0.3 is 5.32 Å². The van der Waals surface area contributed by atoms with Gasteiger partial charge in [0.1, 0.15) is 0 Å². The van der Waals surface area contributed by atoms with Crippen LogP contribution in [0.5, 0.6) is 0 Å². The van der Waals surface area contributed by atoms with Crippen LogP contribution in [0.3, 0.4) is 0 Å². The van der Waals surface area contributed by atoms with Gasteiger partial charge in [-0.3, -0.25) is 10.1 Å². The summed E-state index contributed by atoms with van der Waals surface area (Å²) in [5.74, 6) is 0. The van der Waals surface area contributed by atoms with Crippen molar-refractivity contribution in [1.29, 1.82) is 0 Å². The highest BCUT2D eigenvalue weighted by Crippen LogP contribution is 2.39. The Morgan fingerprint density at radius 1 is 1.50 bits per heavy atom. The number of hydrogen-bond acceptors (Lipinski definition) is 3. The third-order valence-electron chi connectivity index (χ3n) is 3.68. The first-order valence-electron chi connectivity index (χ1n) is 6.14. The van der Waals surface area contributed by atoms with Gasteiger partial charge in [-0.2, -0.15) is 0 Å². The number of hydrogen-bond donors (Lipinski definition) is 1. The van der Waals surface area contributed by atoms with Gasteiger partial charge >= 0.3 is 0 Å². The van der Waals surface area contributed by atoms with Gasteiger partial charge in [0.15, 0.2) is 0 Å².